The standard InChI is InChI=1S/C20H35N5O2/c1-3-4-6-17-15-18(22-21-17)19(26)25-9-5-7-20(27,8-10-25)16-24-13-11-23(2)12-14-24/h15,27H,3-14,16H2,1-2H3,(H,21,22)/t20-/m1/s1. The molecule has 2 aliphatic rings. The maximum Gasteiger partial charge on any atom is 0.274 e. The number of hydrogen-bond acceptors (Lipinski definition) is 5. The van der Waals surface area contributed by atoms with Crippen molar-refractivity contribution in [3.63, 3.8) is 0 Å². The second kappa shape index (κ2) is 9.17. The summed E-state index contributed by atoms with van der Waals surface area (Å²) in [4.78, 5) is 19.4. The molecule has 1 atom stereocenters. The van der Waals surface area contributed by atoms with Gasteiger partial charge in [0.15, 0.2) is 0 Å². The molecule has 2 fully saturated rings. The van der Waals surface area contributed by atoms with E-state index in [0.29, 0.717) is 31.7 Å². The number of aliphatic hydroxyl groups is 1. The third kappa shape index (κ3) is 5.53. The molecule has 2 saturated heterocycles. The van der Waals surface area contributed by atoms with Crippen molar-refractivity contribution < 1.29 is 9.90 Å². The summed E-state index contributed by atoms with van der Waals surface area (Å²) < 4.78 is 0. The molecule has 0 aromatic carbocycles. The summed E-state index contributed by atoms with van der Waals surface area (Å²) in [6, 6.07) is 1.89. The summed E-state index contributed by atoms with van der Waals surface area (Å²) >= 11 is 0. The highest BCUT2D eigenvalue weighted by Gasteiger charge is 2.34. The number of likely N-dealkylation sites (N-methyl/N-ethyl adjacent to an activating group) is 1. The van der Waals surface area contributed by atoms with Crippen molar-refractivity contribution in [2.45, 2.75) is 51.0 Å². The van der Waals surface area contributed by atoms with Gasteiger partial charge < -0.3 is 14.9 Å². The summed E-state index contributed by atoms with van der Waals surface area (Å²) in [5, 5.41) is 18.3. The fourth-order valence-electron chi connectivity index (χ4n) is 4.09. The Hall–Kier alpha value is -1.44. The van der Waals surface area contributed by atoms with Crippen LogP contribution in [0, 0.1) is 0 Å². The van der Waals surface area contributed by atoms with Crippen LogP contribution in [-0.4, -0.2) is 94.4 Å². The number of amides is 1. The summed E-state index contributed by atoms with van der Waals surface area (Å²) in [7, 11) is 2.14. The molecule has 0 spiro atoms. The zero-order valence-corrected chi connectivity index (χ0v) is 16.9. The number of piperazine rings is 1. The molecule has 7 heteroatoms. The highest BCUT2D eigenvalue weighted by atomic mass is 16.3. The Kier molecular flexibility index (Phi) is 6.89. The molecular weight excluding hydrogens is 342 g/mol. The molecule has 2 aliphatic heterocycles. The van der Waals surface area contributed by atoms with Gasteiger partial charge in [-0.1, -0.05) is 13.3 Å². The fourth-order valence-corrected chi connectivity index (χ4v) is 4.09. The van der Waals surface area contributed by atoms with Crippen LogP contribution >= 0.6 is 0 Å². The van der Waals surface area contributed by atoms with Crippen LogP contribution < -0.4 is 0 Å². The predicted octanol–water partition coefficient (Wildman–Crippen LogP) is 1.36. The summed E-state index contributed by atoms with van der Waals surface area (Å²) in [5.41, 5.74) is 0.843. The molecule has 0 aliphatic carbocycles. The number of aryl methyl sites for hydroxylation is 1. The Balaban J connectivity index is 1.54. The van der Waals surface area contributed by atoms with E-state index in [0.717, 1.165) is 64.0 Å². The molecule has 1 aromatic rings. The molecule has 2 N–H and O–H groups in total. The smallest absolute Gasteiger partial charge is 0.274 e. The minimum atomic E-state index is -0.692. The molecule has 0 saturated carbocycles. The first-order valence-corrected chi connectivity index (χ1v) is 10.5. The average molecular weight is 378 g/mol. The van der Waals surface area contributed by atoms with E-state index in [9.17, 15) is 9.90 Å². The zero-order chi connectivity index (χ0) is 19.3. The van der Waals surface area contributed by atoms with Gasteiger partial charge in [-0.05, 0) is 45.2 Å². The number of aromatic nitrogens is 2. The predicted molar refractivity (Wildman–Crippen MR) is 106 cm³/mol. The normalized spacial score (nSPS) is 25.5. The Morgan fingerprint density at radius 3 is 2.74 bits per heavy atom. The Morgan fingerprint density at radius 1 is 1.22 bits per heavy atom. The molecular formula is C20H35N5O2. The third-order valence-corrected chi connectivity index (χ3v) is 5.97. The number of β-amino-alcohol motifs (C(OH)–C–C–N with tert-alkyl or cyclic N) is 1. The Morgan fingerprint density at radius 2 is 2.00 bits per heavy atom. The van der Waals surface area contributed by atoms with E-state index < -0.39 is 5.60 Å². The van der Waals surface area contributed by atoms with Crippen LogP contribution in [0.5, 0.6) is 0 Å². The first-order chi connectivity index (χ1) is 13.0. The maximum atomic E-state index is 12.8. The summed E-state index contributed by atoms with van der Waals surface area (Å²) in [5.74, 6) is -0.0159. The van der Waals surface area contributed by atoms with Crippen molar-refractivity contribution in [1.82, 2.24) is 24.9 Å². The van der Waals surface area contributed by atoms with Gasteiger partial charge in [0.05, 0.1) is 5.60 Å². The highest BCUT2D eigenvalue weighted by molar-refractivity contribution is 5.92. The number of rotatable bonds is 6. The van der Waals surface area contributed by atoms with Gasteiger partial charge in [-0.3, -0.25) is 14.8 Å². The van der Waals surface area contributed by atoms with Gasteiger partial charge >= 0.3 is 0 Å². The van der Waals surface area contributed by atoms with Crippen LogP contribution in [0.25, 0.3) is 0 Å². The second-order valence-electron chi connectivity index (χ2n) is 8.33. The molecule has 152 valence electrons. The lowest BCUT2D eigenvalue weighted by molar-refractivity contribution is -0.0179. The first kappa shape index (κ1) is 20.3. The lowest BCUT2D eigenvalue weighted by atomic mass is 9.94. The van der Waals surface area contributed by atoms with Crippen molar-refractivity contribution in [2.24, 2.45) is 0 Å². The minimum absolute atomic E-state index is 0.0159. The number of aromatic amines is 1. The van der Waals surface area contributed by atoms with Crippen molar-refractivity contribution in [2.75, 3.05) is 52.9 Å². The molecule has 3 heterocycles. The van der Waals surface area contributed by atoms with Crippen molar-refractivity contribution in [1.29, 1.82) is 0 Å². The monoisotopic (exact) mass is 377 g/mol. The van der Waals surface area contributed by atoms with E-state index in [1.165, 1.54) is 0 Å². The zero-order valence-electron chi connectivity index (χ0n) is 16.9. The summed E-state index contributed by atoms with van der Waals surface area (Å²) in [6.07, 6.45) is 5.38. The van der Waals surface area contributed by atoms with Crippen molar-refractivity contribution in [3.8, 4) is 0 Å². The SMILES string of the molecule is CCCCc1cc(C(=O)N2CCC[C@](O)(CN3CCN(C)CC3)CC2)n[nH]1. The van der Waals surface area contributed by atoms with E-state index in [1.807, 2.05) is 11.0 Å². The number of nitrogens with one attached hydrogen (secondary N) is 1. The van der Waals surface area contributed by atoms with Crippen LogP contribution in [0.4, 0.5) is 0 Å². The molecule has 0 bridgehead atoms. The molecule has 1 amide bonds. The fraction of sp³-hybridized carbons (Fsp3) is 0.800. The van der Waals surface area contributed by atoms with E-state index in [-0.39, 0.29) is 5.91 Å². The first-order valence-electron chi connectivity index (χ1n) is 10.5. The Labute approximate surface area is 162 Å². The van der Waals surface area contributed by atoms with Crippen LogP contribution in [0.1, 0.15) is 55.2 Å². The number of unbranched alkanes of at least 4 members (excludes halogenated alkanes) is 1. The molecule has 1 aromatic heterocycles. The molecule has 0 unspecified atom stereocenters. The van der Waals surface area contributed by atoms with Crippen LogP contribution in [-0.2, 0) is 6.42 Å². The lowest BCUT2D eigenvalue weighted by Crippen LogP contribution is -2.51. The number of carbonyl (C=O) groups excluding carboxylic acids is 1. The number of carbonyl (C=O) groups is 1. The highest BCUT2D eigenvalue weighted by Crippen LogP contribution is 2.25. The van der Waals surface area contributed by atoms with Crippen LogP contribution in [0.2, 0.25) is 0 Å². The quantitative estimate of drug-likeness (QED) is 0.783. The Bertz CT molecular complexity index is 611. The topological polar surface area (TPSA) is 75.7 Å². The minimum Gasteiger partial charge on any atom is -0.388 e. The van der Waals surface area contributed by atoms with Gasteiger partial charge in [-0.25, -0.2) is 0 Å². The van der Waals surface area contributed by atoms with Gasteiger partial charge in [-0.15, -0.1) is 0 Å². The van der Waals surface area contributed by atoms with E-state index >= 15 is 0 Å². The number of nitrogens with zero attached hydrogens (tertiary/aromatic N) is 4. The van der Waals surface area contributed by atoms with Gasteiger partial charge in [0.1, 0.15) is 5.69 Å². The van der Waals surface area contributed by atoms with Gasteiger partial charge in [0.2, 0.25) is 0 Å². The number of hydrogen-bond donors (Lipinski definition) is 2. The largest absolute Gasteiger partial charge is 0.388 e. The average Bonchev–Trinajstić information content (AvgIpc) is 3.04. The second-order valence-corrected chi connectivity index (χ2v) is 8.33. The van der Waals surface area contributed by atoms with Crippen LogP contribution in [0.15, 0.2) is 6.07 Å². The third-order valence-electron chi connectivity index (χ3n) is 5.97. The molecule has 7 nitrogen and oxygen atoms in total. The molecule has 27 heavy (non-hydrogen) atoms. The molecule has 3 rings (SSSR count). The van der Waals surface area contributed by atoms with Gasteiger partial charge in [0.25, 0.3) is 5.91 Å². The van der Waals surface area contributed by atoms with Gasteiger partial charge in [0, 0.05) is 51.5 Å². The van der Waals surface area contributed by atoms with E-state index in [2.05, 4.69) is 34.0 Å². The van der Waals surface area contributed by atoms with E-state index in [4.69, 9.17) is 0 Å². The summed E-state index contributed by atoms with van der Waals surface area (Å²) in [6.45, 7) is 8.29. The maximum absolute atomic E-state index is 12.8. The van der Waals surface area contributed by atoms with E-state index in [1.54, 1.807) is 0 Å². The van der Waals surface area contributed by atoms with Gasteiger partial charge in [-0.2, -0.15) is 5.10 Å². The molecule has 0 radical (unpaired) electrons. The lowest BCUT2D eigenvalue weighted by Gasteiger charge is -2.38. The number of likely N-dealkylation sites (tertiary alicyclic amines) is 1. The number of H-pyrrole nitrogens is 1. The van der Waals surface area contributed by atoms with Crippen molar-refractivity contribution in [3.05, 3.63) is 17.5 Å². The van der Waals surface area contributed by atoms with Crippen LogP contribution in [0.3, 0.4) is 0 Å². The van der Waals surface area contributed by atoms with Crippen molar-refractivity contribution >= 4 is 5.91 Å².